The molecule has 0 saturated heterocycles. The summed E-state index contributed by atoms with van der Waals surface area (Å²) in [5.74, 6) is -0.445. The molecule has 2 unspecified atom stereocenters. The van der Waals surface area contributed by atoms with Crippen molar-refractivity contribution in [1.82, 2.24) is 5.32 Å². The van der Waals surface area contributed by atoms with Gasteiger partial charge in [-0.25, -0.2) is 4.39 Å². The SMILES string of the molecule is CC1CCCCC1NC(=O)C(C#N)=Cc1ccccc1F. The number of nitriles is 1. The summed E-state index contributed by atoms with van der Waals surface area (Å²) < 4.78 is 13.6. The second kappa shape index (κ2) is 7.03. The first kappa shape index (κ1) is 15.2. The van der Waals surface area contributed by atoms with Gasteiger partial charge < -0.3 is 5.32 Å². The maximum Gasteiger partial charge on any atom is 0.262 e. The van der Waals surface area contributed by atoms with Gasteiger partial charge in [-0.1, -0.05) is 38.0 Å². The molecule has 1 aromatic rings. The van der Waals surface area contributed by atoms with E-state index in [2.05, 4.69) is 12.2 Å². The van der Waals surface area contributed by atoms with E-state index >= 15 is 0 Å². The van der Waals surface area contributed by atoms with Crippen molar-refractivity contribution >= 4 is 12.0 Å². The number of hydrogen-bond donors (Lipinski definition) is 1. The third-order valence-corrected chi connectivity index (χ3v) is 4.00. The van der Waals surface area contributed by atoms with Crippen molar-refractivity contribution in [2.45, 2.75) is 38.6 Å². The highest BCUT2D eigenvalue weighted by Crippen LogP contribution is 2.24. The van der Waals surface area contributed by atoms with Crippen LogP contribution >= 0.6 is 0 Å². The highest BCUT2D eigenvalue weighted by molar-refractivity contribution is 6.01. The van der Waals surface area contributed by atoms with E-state index < -0.39 is 11.7 Å². The van der Waals surface area contributed by atoms with Crippen molar-refractivity contribution in [2.24, 2.45) is 5.92 Å². The third-order valence-electron chi connectivity index (χ3n) is 4.00. The lowest BCUT2D eigenvalue weighted by Gasteiger charge is -2.29. The molecule has 0 aromatic heterocycles. The van der Waals surface area contributed by atoms with Crippen LogP contribution in [0.25, 0.3) is 6.08 Å². The molecule has 3 nitrogen and oxygen atoms in total. The van der Waals surface area contributed by atoms with E-state index in [1.54, 1.807) is 18.2 Å². The van der Waals surface area contributed by atoms with Gasteiger partial charge in [0.25, 0.3) is 5.91 Å². The number of amides is 1. The Bertz CT molecular complexity index is 589. The van der Waals surface area contributed by atoms with Crippen LogP contribution in [-0.4, -0.2) is 11.9 Å². The molecule has 1 N–H and O–H groups in total. The van der Waals surface area contributed by atoms with Gasteiger partial charge in [0.2, 0.25) is 0 Å². The van der Waals surface area contributed by atoms with Gasteiger partial charge in [-0.3, -0.25) is 4.79 Å². The van der Waals surface area contributed by atoms with Crippen LogP contribution in [0.2, 0.25) is 0 Å². The number of benzene rings is 1. The standard InChI is InChI=1S/C17H19FN2O/c1-12-6-2-5-9-16(12)20-17(21)14(11-19)10-13-7-3-4-8-15(13)18/h3-4,7-8,10,12,16H,2,5-6,9H2,1H3,(H,20,21). The molecule has 1 amide bonds. The quantitative estimate of drug-likeness (QED) is 0.683. The van der Waals surface area contributed by atoms with E-state index in [1.807, 2.05) is 6.07 Å². The second-order valence-electron chi connectivity index (χ2n) is 5.53. The fourth-order valence-corrected chi connectivity index (χ4v) is 2.67. The number of nitrogens with zero attached hydrogens (tertiary/aromatic N) is 1. The molecule has 1 aliphatic carbocycles. The molecule has 0 bridgehead atoms. The van der Waals surface area contributed by atoms with Crippen LogP contribution in [0.15, 0.2) is 29.8 Å². The predicted octanol–water partition coefficient (Wildman–Crippen LogP) is 3.43. The summed E-state index contributed by atoms with van der Waals surface area (Å²) in [4.78, 5) is 12.2. The molecule has 0 spiro atoms. The smallest absolute Gasteiger partial charge is 0.262 e. The number of hydrogen-bond acceptors (Lipinski definition) is 2. The Morgan fingerprint density at radius 2 is 2.10 bits per heavy atom. The lowest BCUT2D eigenvalue weighted by molar-refractivity contribution is -0.118. The predicted molar refractivity (Wildman–Crippen MR) is 79.6 cm³/mol. The number of halogens is 1. The summed E-state index contributed by atoms with van der Waals surface area (Å²) in [6.45, 7) is 2.11. The summed E-state index contributed by atoms with van der Waals surface area (Å²) in [7, 11) is 0. The maximum atomic E-state index is 13.6. The minimum absolute atomic E-state index is 0.0575. The van der Waals surface area contributed by atoms with E-state index in [1.165, 1.54) is 18.6 Å². The van der Waals surface area contributed by atoms with Crippen molar-refractivity contribution in [2.75, 3.05) is 0 Å². The summed E-state index contributed by atoms with van der Waals surface area (Å²) in [6.07, 6.45) is 5.60. The Morgan fingerprint density at radius 1 is 1.38 bits per heavy atom. The first-order chi connectivity index (χ1) is 10.1. The number of carbonyl (C=O) groups excluding carboxylic acids is 1. The molecular formula is C17H19FN2O. The lowest BCUT2D eigenvalue weighted by Crippen LogP contribution is -2.41. The van der Waals surface area contributed by atoms with Crippen LogP contribution in [0.3, 0.4) is 0 Å². The van der Waals surface area contributed by atoms with Gasteiger partial charge in [0.05, 0.1) is 0 Å². The van der Waals surface area contributed by atoms with Gasteiger partial charge in [0, 0.05) is 11.6 Å². The Kier molecular flexibility index (Phi) is 5.10. The summed E-state index contributed by atoms with van der Waals surface area (Å²) in [5.41, 5.74) is 0.193. The molecular weight excluding hydrogens is 267 g/mol. The normalized spacial score (nSPS) is 22.4. The largest absolute Gasteiger partial charge is 0.348 e. The first-order valence-corrected chi connectivity index (χ1v) is 7.29. The zero-order chi connectivity index (χ0) is 15.2. The highest BCUT2D eigenvalue weighted by atomic mass is 19.1. The fourth-order valence-electron chi connectivity index (χ4n) is 2.67. The van der Waals surface area contributed by atoms with Gasteiger partial charge in [0.1, 0.15) is 17.5 Å². The van der Waals surface area contributed by atoms with E-state index in [-0.39, 0.29) is 17.2 Å². The average Bonchev–Trinajstić information content (AvgIpc) is 2.48. The zero-order valence-electron chi connectivity index (χ0n) is 12.1. The lowest BCUT2D eigenvalue weighted by atomic mass is 9.86. The molecule has 1 aliphatic rings. The Morgan fingerprint density at radius 3 is 2.76 bits per heavy atom. The Balaban J connectivity index is 2.12. The summed E-state index contributed by atoms with van der Waals surface area (Å²) in [6, 6.07) is 8.06. The van der Waals surface area contributed by atoms with Crippen LogP contribution in [0, 0.1) is 23.1 Å². The van der Waals surface area contributed by atoms with E-state index in [0.717, 1.165) is 19.3 Å². The van der Waals surface area contributed by atoms with Crippen LogP contribution in [0.1, 0.15) is 38.2 Å². The zero-order valence-corrected chi connectivity index (χ0v) is 12.1. The molecule has 2 rings (SSSR count). The molecule has 4 heteroatoms. The van der Waals surface area contributed by atoms with Crippen molar-refractivity contribution in [1.29, 1.82) is 5.26 Å². The molecule has 0 aliphatic heterocycles. The molecule has 1 aromatic carbocycles. The molecule has 1 fully saturated rings. The monoisotopic (exact) mass is 286 g/mol. The number of nitrogens with one attached hydrogen (secondary N) is 1. The molecule has 0 heterocycles. The van der Waals surface area contributed by atoms with Gasteiger partial charge in [-0.05, 0) is 30.9 Å². The van der Waals surface area contributed by atoms with Gasteiger partial charge in [-0.2, -0.15) is 5.26 Å². The molecule has 0 radical (unpaired) electrons. The van der Waals surface area contributed by atoms with Crippen LogP contribution in [-0.2, 0) is 4.79 Å². The summed E-state index contributed by atoms with van der Waals surface area (Å²) in [5, 5.41) is 12.0. The number of carbonyl (C=O) groups is 1. The minimum Gasteiger partial charge on any atom is -0.348 e. The van der Waals surface area contributed by atoms with Crippen molar-refractivity contribution < 1.29 is 9.18 Å². The van der Waals surface area contributed by atoms with Crippen LogP contribution in [0.4, 0.5) is 4.39 Å². The molecule has 2 atom stereocenters. The van der Waals surface area contributed by atoms with Crippen molar-refractivity contribution in [3.05, 3.63) is 41.2 Å². The van der Waals surface area contributed by atoms with Crippen molar-refractivity contribution in [3.63, 3.8) is 0 Å². The third kappa shape index (κ3) is 3.91. The maximum absolute atomic E-state index is 13.6. The van der Waals surface area contributed by atoms with Crippen molar-refractivity contribution in [3.8, 4) is 6.07 Å². The topological polar surface area (TPSA) is 52.9 Å². The fraction of sp³-hybridized carbons (Fsp3) is 0.412. The Labute approximate surface area is 124 Å². The highest BCUT2D eigenvalue weighted by Gasteiger charge is 2.24. The van der Waals surface area contributed by atoms with Gasteiger partial charge >= 0.3 is 0 Å². The van der Waals surface area contributed by atoms with Gasteiger partial charge in [-0.15, -0.1) is 0 Å². The molecule has 110 valence electrons. The van der Waals surface area contributed by atoms with Gasteiger partial charge in [0.15, 0.2) is 0 Å². The average molecular weight is 286 g/mol. The van der Waals surface area contributed by atoms with Crippen LogP contribution in [0.5, 0.6) is 0 Å². The number of rotatable bonds is 3. The Hall–Kier alpha value is -2.15. The second-order valence-corrected chi connectivity index (χ2v) is 5.53. The van der Waals surface area contributed by atoms with E-state index in [0.29, 0.717) is 5.92 Å². The van der Waals surface area contributed by atoms with E-state index in [9.17, 15) is 9.18 Å². The first-order valence-electron chi connectivity index (χ1n) is 7.29. The minimum atomic E-state index is -0.441. The molecule has 21 heavy (non-hydrogen) atoms. The van der Waals surface area contributed by atoms with E-state index in [4.69, 9.17) is 5.26 Å². The van der Waals surface area contributed by atoms with Crippen LogP contribution < -0.4 is 5.32 Å². The summed E-state index contributed by atoms with van der Waals surface area (Å²) >= 11 is 0. The molecule has 1 saturated carbocycles.